The number of nitrogens with one attached hydrogen (secondary N) is 1. The van der Waals surface area contributed by atoms with Gasteiger partial charge in [0, 0.05) is 5.56 Å². The average Bonchev–Trinajstić information content (AvgIpc) is 2.74. The molecule has 0 aliphatic rings. The molecule has 3 rings (SSSR count). The quantitative estimate of drug-likeness (QED) is 0.520. The summed E-state index contributed by atoms with van der Waals surface area (Å²) in [6.07, 6.45) is -4.02. The number of amides is 1. The fourth-order valence-electron chi connectivity index (χ4n) is 2.69. The molecule has 0 radical (unpaired) electrons. The number of benzene rings is 3. The van der Waals surface area contributed by atoms with Gasteiger partial charge in [0.15, 0.2) is 0 Å². The fourth-order valence-corrected chi connectivity index (χ4v) is 2.69. The van der Waals surface area contributed by atoms with E-state index in [1.54, 1.807) is 48.5 Å². The number of carboxylic acids is 1. The van der Waals surface area contributed by atoms with Crippen molar-refractivity contribution in [2.24, 2.45) is 0 Å². The second-order valence-electron chi connectivity index (χ2n) is 6.35. The molecule has 8 heteroatoms. The third-order valence-electron chi connectivity index (χ3n) is 4.12. The third kappa shape index (κ3) is 5.72. The molecule has 3 aromatic carbocycles. The molecule has 0 heterocycles. The van der Waals surface area contributed by atoms with Crippen molar-refractivity contribution in [1.29, 1.82) is 0 Å². The van der Waals surface area contributed by atoms with E-state index in [0.29, 0.717) is 5.75 Å². The summed E-state index contributed by atoms with van der Waals surface area (Å²) in [6, 6.07) is 19.1. The number of hydrogen-bond donors (Lipinski definition) is 2. The van der Waals surface area contributed by atoms with Gasteiger partial charge in [-0.3, -0.25) is 4.79 Å². The molecule has 31 heavy (non-hydrogen) atoms. The van der Waals surface area contributed by atoms with Crippen LogP contribution in [0.25, 0.3) is 6.08 Å². The highest BCUT2D eigenvalue weighted by molar-refractivity contribution is 6.02. The SMILES string of the molecule is O=C(O)C(=Cc1ccc(Oc2ccccc2)cc1C(F)(F)F)NC(=O)c1ccccc1. The van der Waals surface area contributed by atoms with Crippen molar-refractivity contribution in [3.63, 3.8) is 0 Å². The van der Waals surface area contributed by atoms with Gasteiger partial charge in [0.2, 0.25) is 0 Å². The van der Waals surface area contributed by atoms with Gasteiger partial charge in [0.1, 0.15) is 17.2 Å². The van der Waals surface area contributed by atoms with Crippen molar-refractivity contribution in [3.05, 3.63) is 101 Å². The molecule has 0 saturated heterocycles. The molecule has 0 aromatic heterocycles. The average molecular weight is 427 g/mol. The Bertz CT molecular complexity index is 1110. The molecule has 0 aliphatic carbocycles. The zero-order valence-corrected chi connectivity index (χ0v) is 15.9. The first-order valence-electron chi connectivity index (χ1n) is 8.99. The van der Waals surface area contributed by atoms with Crippen LogP contribution < -0.4 is 10.1 Å². The Hall–Kier alpha value is -4.07. The van der Waals surface area contributed by atoms with Crippen LogP contribution in [-0.4, -0.2) is 17.0 Å². The summed E-state index contributed by atoms with van der Waals surface area (Å²) in [5.74, 6) is -2.06. The van der Waals surface area contributed by atoms with E-state index >= 15 is 0 Å². The number of alkyl halides is 3. The molecular formula is C23H16F3NO4. The molecule has 2 N–H and O–H groups in total. The molecule has 0 bridgehead atoms. The summed E-state index contributed by atoms with van der Waals surface area (Å²) < 4.78 is 46.3. The van der Waals surface area contributed by atoms with E-state index < -0.39 is 34.9 Å². The first-order chi connectivity index (χ1) is 14.7. The Morgan fingerprint density at radius 1 is 0.871 bits per heavy atom. The predicted octanol–water partition coefficient (Wildman–Crippen LogP) is 5.35. The Kier molecular flexibility index (Phi) is 6.40. The van der Waals surface area contributed by atoms with Crippen molar-refractivity contribution >= 4 is 18.0 Å². The van der Waals surface area contributed by atoms with E-state index in [1.807, 2.05) is 0 Å². The van der Waals surface area contributed by atoms with Gasteiger partial charge in [-0.15, -0.1) is 0 Å². The molecule has 0 fully saturated rings. The number of carbonyl (C=O) groups excluding carboxylic acids is 1. The van der Waals surface area contributed by atoms with Crippen LogP contribution in [0.1, 0.15) is 21.5 Å². The smallest absolute Gasteiger partial charge is 0.417 e. The molecule has 1 amide bonds. The lowest BCUT2D eigenvalue weighted by Gasteiger charge is -2.14. The summed E-state index contributed by atoms with van der Waals surface area (Å²) in [5.41, 5.74) is -2.07. The minimum absolute atomic E-state index is 0.0686. The van der Waals surface area contributed by atoms with Crippen molar-refractivity contribution in [2.45, 2.75) is 6.18 Å². The van der Waals surface area contributed by atoms with Crippen molar-refractivity contribution in [2.75, 3.05) is 0 Å². The van der Waals surface area contributed by atoms with Crippen LogP contribution >= 0.6 is 0 Å². The summed E-state index contributed by atoms with van der Waals surface area (Å²) in [7, 11) is 0. The van der Waals surface area contributed by atoms with Gasteiger partial charge in [-0.2, -0.15) is 13.2 Å². The van der Waals surface area contributed by atoms with Gasteiger partial charge in [-0.25, -0.2) is 4.79 Å². The molecule has 0 spiro atoms. The molecule has 3 aromatic rings. The van der Waals surface area contributed by atoms with Gasteiger partial charge < -0.3 is 15.2 Å². The van der Waals surface area contributed by atoms with Crippen LogP contribution in [0.3, 0.4) is 0 Å². The third-order valence-corrected chi connectivity index (χ3v) is 4.12. The number of carbonyl (C=O) groups is 2. The van der Waals surface area contributed by atoms with E-state index in [2.05, 4.69) is 5.32 Å². The van der Waals surface area contributed by atoms with E-state index in [4.69, 9.17) is 4.74 Å². The summed E-state index contributed by atoms with van der Waals surface area (Å²) in [6.45, 7) is 0. The highest BCUT2D eigenvalue weighted by atomic mass is 19.4. The summed E-state index contributed by atoms with van der Waals surface area (Å²) in [5, 5.41) is 11.5. The number of para-hydroxylation sites is 1. The Labute approximate surface area is 175 Å². The van der Waals surface area contributed by atoms with E-state index in [0.717, 1.165) is 18.2 Å². The predicted molar refractivity (Wildman–Crippen MR) is 107 cm³/mol. The van der Waals surface area contributed by atoms with Crippen LogP contribution in [-0.2, 0) is 11.0 Å². The summed E-state index contributed by atoms with van der Waals surface area (Å²) in [4.78, 5) is 23.8. The summed E-state index contributed by atoms with van der Waals surface area (Å²) >= 11 is 0. The largest absolute Gasteiger partial charge is 0.477 e. The fraction of sp³-hybridized carbons (Fsp3) is 0.0435. The number of ether oxygens (including phenoxy) is 1. The number of halogens is 3. The zero-order valence-electron chi connectivity index (χ0n) is 15.9. The maximum atomic E-state index is 13.6. The first-order valence-corrected chi connectivity index (χ1v) is 8.99. The normalized spacial score (nSPS) is 11.6. The Balaban J connectivity index is 1.95. The first kappa shape index (κ1) is 21.6. The van der Waals surface area contributed by atoms with Gasteiger partial charge in [0.05, 0.1) is 5.56 Å². The Morgan fingerprint density at radius 2 is 1.48 bits per heavy atom. The van der Waals surface area contributed by atoms with Gasteiger partial charge in [0.25, 0.3) is 5.91 Å². The highest BCUT2D eigenvalue weighted by Crippen LogP contribution is 2.36. The second-order valence-corrected chi connectivity index (χ2v) is 6.35. The van der Waals surface area contributed by atoms with E-state index in [-0.39, 0.29) is 11.3 Å². The molecule has 0 aliphatic heterocycles. The van der Waals surface area contributed by atoms with Crippen LogP contribution in [0.5, 0.6) is 11.5 Å². The van der Waals surface area contributed by atoms with E-state index in [1.165, 1.54) is 18.2 Å². The highest BCUT2D eigenvalue weighted by Gasteiger charge is 2.34. The zero-order chi connectivity index (χ0) is 22.4. The van der Waals surface area contributed by atoms with Crippen LogP contribution in [0.15, 0.2) is 84.6 Å². The van der Waals surface area contributed by atoms with Crippen LogP contribution in [0.4, 0.5) is 13.2 Å². The molecule has 0 atom stereocenters. The molecule has 0 unspecified atom stereocenters. The number of aliphatic carboxylic acids is 1. The van der Waals surface area contributed by atoms with Crippen LogP contribution in [0, 0.1) is 0 Å². The molecule has 0 saturated carbocycles. The maximum absolute atomic E-state index is 13.6. The van der Waals surface area contributed by atoms with E-state index in [9.17, 15) is 27.9 Å². The lowest BCUT2D eigenvalue weighted by atomic mass is 10.0. The van der Waals surface area contributed by atoms with Gasteiger partial charge >= 0.3 is 12.1 Å². The van der Waals surface area contributed by atoms with Crippen molar-refractivity contribution in [1.82, 2.24) is 5.32 Å². The van der Waals surface area contributed by atoms with Crippen LogP contribution in [0.2, 0.25) is 0 Å². The number of rotatable bonds is 6. The molecule has 5 nitrogen and oxygen atoms in total. The maximum Gasteiger partial charge on any atom is 0.417 e. The minimum Gasteiger partial charge on any atom is -0.477 e. The van der Waals surface area contributed by atoms with Crippen molar-refractivity contribution in [3.8, 4) is 11.5 Å². The Morgan fingerprint density at radius 3 is 2.06 bits per heavy atom. The minimum atomic E-state index is -4.78. The number of carboxylic acid groups (broad SMARTS) is 1. The molecule has 158 valence electrons. The monoisotopic (exact) mass is 427 g/mol. The second kappa shape index (κ2) is 9.17. The lowest BCUT2D eigenvalue weighted by Crippen LogP contribution is -2.27. The van der Waals surface area contributed by atoms with Crippen molar-refractivity contribution < 1.29 is 32.6 Å². The molecular weight excluding hydrogens is 411 g/mol. The standard InChI is InChI=1S/C23H16F3NO4/c24-23(25,26)19-14-18(31-17-9-5-2-6-10-17)12-11-16(19)13-20(22(29)30)27-21(28)15-7-3-1-4-8-15/h1-14H,(H,27,28)(H,29,30). The van der Waals surface area contributed by atoms with Gasteiger partial charge in [-0.1, -0.05) is 42.5 Å². The topological polar surface area (TPSA) is 75.6 Å². The number of hydrogen-bond acceptors (Lipinski definition) is 3. The lowest BCUT2D eigenvalue weighted by molar-refractivity contribution is -0.138. The van der Waals surface area contributed by atoms with Gasteiger partial charge in [-0.05, 0) is 48.0 Å².